The molecule has 16 heavy (non-hydrogen) atoms. The molecule has 0 unspecified atom stereocenters. The van der Waals surface area contributed by atoms with Crippen molar-refractivity contribution in [3.63, 3.8) is 0 Å². The number of hydrogen-bond donors (Lipinski definition) is 0. The van der Waals surface area contributed by atoms with Crippen LogP contribution >= 0.6 is 11.3 Å². The Morgan fingerprint density at radius 3 is 2.38 bits per heavy atom. The van der Waals surface area contributed by atoms with Crippen molar-refractivity contribution in [2.45, 2.75) is 55.9 Å². The molecule has 0 radical (unpaired) electrons. The summed E-state index contributed by atoms with van der Waals surface area (Å²) in [5.41, 5.74) is 0. The lowest BCUT2D eigenvalue weighted by molar-refractivity contribution is 0.562. The molecular weight excluding hydrogens is 240 g/mol. The van der Waals surface area contributed by atoms with Crippen LogP contribution in [0.2, 0.25) is 0 Å². The van der Waals surface area contributed by atoms with E-state index in [1.807, 2.05) is 6.07 Å². The molecule has 0 fully saturated rings. The van der Waals surface area contributed by atoms with Crippen molar-refractivity contribution in [1.29, 1.82) is 0 Å². The van der Waals surface area contributed by atoms with Crippen LogP contribution in [0, 0.1) is 0 Å². The number of hydrogen-bond acceptors (Lipinski definition) is 3. The second kappa shape index (κ2) is 4.88. The molecule has 0 aliphatic rings. The van der Waals surface area contributed by atoms with E-state index in [1.54, 1.807) is 26.8 Å². The fraction of sp³-hybridized carbons (Fsp3) is 0.667. The van der Waals surface area contributed by atoms with Crippen molar-refractivity contribution in [3.05, 3.63) is 17.0 Å². The third kappa shape index (κ3) is 2.86. The largest absolute Gasteiger partial charge is 0.222 e. The maximum Gasteiger partial charge on any atom is 0.192 e. The van der Waals surface area contributed by atoms with Crippen LogP contribution in [0.1, 0.15) is 45.4 Å². The van der Waals surface area contributed by atoms with Crippen molar-refractivity contribution in [2.24, 2.45) is 0 Å². The highest BCUT2D eigenvalue weighted by Crippen LogP contribution is 2.30. The summed E-state index contributed by atoms with van der Waals surface area (Å²) >= 11 is 1.42. The first-order chi connectivity index (χ1) is 7.29. The van der Waals surface area contributed by atoms with E-state index < -0.39 is 14.6 Å². The molecule has 1 rings (SSSR count). The minimum atomic E-state index is -3.16. The highest BCUT2D eigenvalue weighted by atomic mass is 32.2. The molecule has 0 saturated heterocycles. The standard InChI is InChI=1S/C12H20O2S2/c1-5-6-7-10-8-9-11(15-10)16(13,14)12(2,3)4/h8-9H,5-7H2,1-4H3. The first-order valence-corrected chi connectivity index (χ1v) is 7.92. The van der Waals surface area contributed by atoms with E-state index in [0.29, 0.717) is 4.21 Å². The first kappa shape index (κ1) is 13.7. The summed E-state index contributed by atoms with van der Waals surface area (Å²) in [5, 5.41) is 0. The fourth-order valence-corrected chi connectivity index (χ4v) is 4.43. The Kier molecular flexibility index (Phi) is 4.18. The minimum absolute atomic E-state index is 0.506. The molecule has 0 aliphatic carbocycles. The summed E-state index contributed by atoms with van der Waals surface area (Å²) < 4.78 is 24.1. The fourth-order valence-electron chi connectivity index (χ4n) is 1.29. The van der Waals surface area contributed by atoms with Gasteiger partial charge in [-0.1, -0.05) is 13.3 Å². The van der Waals surface area contributed by atoms with Crippen LogP contribution in [0.5, 0.6) is 0 Å². The summed E-state index contributed by atoms with van der Waals surface area (Å²) in [6.07, 6.45) is 3.25. The van der Waals surface area contributed by atoms with Gasteiger partial charge < -0.3 is 0 Å². The first-order valence-electron chi connectivity index (χ1n) is 5.62. The minimum Gasteiger partial charge on any atom is -0.222 e. The van der Waals surface area contributed by atoms with E-state index in [1.165, 1.54) is 16.2 Å². The van der Waals surface area contributed by atoms with Crippen molar-refractivity contribution in [1.82, 2.24) is 0 Å². The van der Waals surface area contributed by atoms with Crippen LogP contribution in [0.3, 0.4) is 0 Å². The zero-order valence-electron chi connectivity index (χ0n) is 10.4. The van der Waals surface area contributed by atoms with Gasteiger partial charge in [0.15, 0.2) is 9.84 Å². The zero-order chi connectivity index (χ0) is 12.4. The van der Waals surface area contributed by atoms with Crippen LogP contribution in [0.25, 0.3) is 0 Å². The molecule has 1 aromatic rings. The van der Waals surface area contributed by atoms with Gasteiger partial charge in [-0.3, -0.25) is 0 Å². The summed E-state index contributed by atoms with van der Waals surface area (Å²) in [7, 11) is -3.16. The highest BCUT2D eigenvalue weighted by molar-refractivity contribution is 7.94. The Labute approximate surface area is 103 Å². The predicted molar refractivity (Wildman–Crippen MR) is 69.9 cm³/mol. The van der Waals surface area contributed by atoms with Crippen molar-refractivity contribution < 1.29 is 8.42 Å². The van der Waals surface area contributed by atoms with E-state index in [4.69, 9.17) is 0 Å². The molecule has 0 atom stereocenters. The van der Waals surface area contributed by atoms with Crippen LogP contribution in [0.15, 0.2) is 16.3 Å². The van der Waals surface area contributed by atoms with Crippen LogP contribution in [-0.2, 0) is 16.3 Å². The summed E-state index contributed by atoms with van der Waals surface area (Å²) in [5.74, 6) is 0. The molecule has 0 bridgehead atoms. The van der Waals surface area contributed by atoms with E-state index in [9.17, 15) is 8.42 Å². The quantitative estimate of drug-likeness (QED) is 0.828. The molecule has 92 valence electrons. The molecule has 0 aliphatic heterocycles. The predicted octanol–water partition coefficient (Wildman–Crippen LogP) is 3.66. The van der Waals surface area contributed by atoms with E-state index in [0.717, 1.165) is 19.3 Å². The molecular formula is C12H20O2S2. The molecule has 0 aromatic carbocycles. The molecule has 0 saturated carbocycles. The second-order valence-corrected chi connectivity index (χ2v) is 9.04. The Balaban J connectivity index is 2.94. The molecule has 0 amide bonds. The van der Waals surface area contributed by atoms with Crippen LogP contribution in [0.4, 0.5) is 0 Å². The Hall–Kier alpha value is -0.350. The number of rotatable bonds is 4. The molecule has 2 nitrogen and oxygen atoms in total. The van der Waals surface area contributed by atoms with Gasteiger partial charge in [0.05, 0.1) is 4.75 Å². The van der Waals surface area contributed by atoms with Crippen molar-refractivity contribution in [3.8, 4) is 0 Å². The molecule has 0 N–H and O–H groups in total. The van der Waals surface area contributed by atoms with Gasteiger partial charge in [0, 0.05) is 4.88 Å². The topological polar surface area (TPSA) is 34.1 Å². The Bertz CT molecular complexity index is 436. The van der Waals surface area contributed by atoms with Gasteiger partial charge >= 0.3 is 0 Å². The van der Waals surface area contributed by atoms with Crippen LogP contribution in [-0.4, -0.2) is 13.2 Å². The second-order valence-electron chi connectivity index (χ2n) is 4.94. The molecule has 1 heterocycles. The number of unbranched alkanes of at least 4 members (excludes halogenated alkanes) is 1. The monoisotopic (exact) mass is 260 g/mol. The maximum atomic E-state index is 12.2. The van der Waals surface area contributed by atoms with E-state index >= 15 is 0 Å². The average molecular weight is 260 g/mol. The van der Waals surface area contributed by atoms with Gasteiger partial charge in [0.1, 0.15) is 4.21 Å². The molecule has 1 aromatic heterocycles. The lowest BCUT2D eigenvalue weighted by Crippen LogP contribution is -2.27. The third-order valence-corrected chi connectivity index (χ3v) is 6.61. The Morgan fingerprint density at radius 1 is 1.25 bits per heavy atom. The lowest BCUT2D eigenvalue weighted by Gasteiger charge is -2.17. The van der Waals surface area contributed by atoms with Crippen molar-refractivity contribution in [2.75, 3.05) is 0 Å². The van der Waals surface area contributed by atoms with Gasteiger partial charge in [-0.15, -0.1) is 11.3 Å². The van der Waals surface area contributed by atoms with Gasteiger partial charge in [0.25, 0.3) is 0 Å². The summed E-state index contributed by atoms with van der Waals surface area (Å²) in [4.78, 5) is 1.17. The normalized spacial score (nSPS) is 13.0. The Morgan fingerprint density at radius 2 is 1.88 bits per heavy atom. The van der Waals surface area contributed by atoms with E-state index in [2.05, 4.69) is 6.92 Å². The van der Waals surface area contributed by atoms with Crippen molar-refractivity contribution >= 4 is 21.2 Å². The van der Waals surface area contributed by atoms with Crippen LogP contribution < -0.4 is 0 Å². The zero-order valence-corrected chi connectivity index (χ0v) is 12.0. The molecule has 0 spiro atoms. The summed E-state index contributed by atoms with van der Waals surface area (Å²) in [6, 6.07) is 3.69. The number of aryl methyl sites for hydroxylation is 1. The van der Waals surface area contributed by atoms with Gasteiger partial charge in [-0.25, -0.2) is 8.42 Å². The summed E-state index contributed by atoms with van der Waals surface area (Å²) in [6.45, 7) is 7.37. The third-order valence-electron chi connectivity index (χ3n) is 2.48. The van der Waals surface area contributed by atoms with E-state index in [-0.39, 0.29) is 0 Å². The average Bonchev–Trinajstić information content (AvgIpc) is 2.61. The highest BCUT2D eigenvalue weighted by Gasteiger charge is 2.31. The number of sulfone groups is 1. The maximum absolute atomic E-state index is 12.2. The number of thiophene rings is 1. The lowest BCUT2D eigenvalue weighted by atomic mass is 10.2. The molecule has 4 heteroatoms. The van der Waals surface area contributed by atoms with Gasteiger partial charge in [0.2, 0.25) is 0 Å². The van der Waals surface area contributed by atoms with Gasteiger partial charge in [-0.05, 0) is 45.7 Å². The SMILES string of the molecule is CCCCc1ccc(S(=O)(=O)C(C)(C)C)s1. The van der Waals surface area contributed by atoms with Gasteiger partial charge in [-0.2, -0.15) is 0 Å². The smallest absolute Gasteiger partial charge is 0.192 e.